The van der Waals surface area contributed by atoms with Crippen LogP contribution < -0.4 is 0 Å². The zero-order valence-electron chi connectivity index (χ0n) is 9.91. The lowest BCUT2D eigenvalue weighted by Crippen LogP contribution is -2.10. The van der Waals surface area contributed by atoms with E-state index in [0.717, 1.165) is 10.5 Å². The summed E-state index contributed by atoms with van der Waals surface area (Å²) in [5, 5.41) is 0. The molecule has 0 saturated carbocycles. The van der Waals surface area contributed by atoms with Gasteiger partial charge in [0.15, 0.2) is 5.78 Å². The lowest BCUT2D eigenvalue weighted by atomic mass is 9.87. The largest absolute Gasteiger partial charge is 0.294 e. The molecular formula is C14H16OS. The van der Waals surface area contributed by atoms with Crippen LogP contribution in [0.2, 0.25) is 0 Å². The molecule has 0 bridgehead atoms. The van der Waals surface area contributed by atoms with Crippen molar-refractivity contribution in [1.29, 1.82) is 0 Å². The van der Waals surface area contributed by atoms with E-state index in [1.54, 1.807) is 17.8 Å². The van der Waals surface area contributed by atoms with E-state index in [1.807, 2.05) is 0 Å². The molecule has 0 N–H and O–H groups in total. The minimum atomic E-state index is 0.186. The Morgan fingerprint density at radius 3 is 2.19 bits per heavy atom. The van der Waals surface area contributed by atoms with Crippen LogP contribution in [-0.4, -0.2) is 11.5 Å². The van der Waals surface area contributed by atoms with E-state index >= 15 is 0 Å². The average molecular weight is 232 g/mol. The Labute approximate surface area is 101 Å². The zero-order valence-corrected chi connectivity index (χ0v) is 10.7. The summed E-state index contributed by atoms with van der Waals surface area (Å²) in [7, 11) is 0. The predicted octanol–water partition coefficient (Wildman–Crippen LogP) is 3.64. The average Bonchev–Trinajstić information content (AvgIpc) is 2.64. The number of allylic oxidation sites excluding steroid dienone is 1. The topological polar surface area (TPSA) is 17.1 Å². The number of hydrogen-bond donors (Lipinski definition) is 0. The van der Waals surface area contributed by atoms with E-state index in [0.29, 0.717) is 5.75 Å². The van der Waals surface area contributed by atoms with Crippen LogP contribution in [-0.2, 0) is 10.2 Å². The van der Waals surface area contributed by atoms with Crippen LogP contribution in [0.5, 0.6) is 0 Å². The van der Waals surface area contributed by atoms with Crippen molar-refractivity contribution in [2.24, 2.45) is 0 Å². The third-order valence-corrected chi connectivity index (χ3v) is 3.79. The van der Waals surface area contributed by atoms with Crippen molar-refractivity contribution in [1.82, 2.24) is 0 Å². The molecule has 0 unspecified atom stereocenters. The second kappa shape index (κ2) is 4.10. The Hall–Kier alpha value is -1.02. The number of carbonyl (C=O) groups is 1. The Morgan fingerprint density at radius 2 is 1.75 bits per heavy atom. The minimum Gasteiger partial charge on any atom is -0.294 e. The molecule has 16 heavy (non-hydrogen) atoms. The fourth-order valence-corrected chi connectivity index (χ4v) is 2.58. The van der Waals surface area contributed by atoms with E-state index in [2.05, 4.69) is 45.0 Å². The van der Waals surface area contributed by atoms with Gasteiger partial charge in [-0.15, -0.1) is 11.8 Å². The molecule has 1 nitrogen and oxygen atoms in total. The second-order valence-electron chi connectivity index (χ2n) is 5.09. The normalized spacial score (nSPS) is 16.4. The highest BCUT2D eigenvalue weighted by Gasteiger charge is 2.16. The summed E-state index contributed by atoms with van der Waals surface area (Å²) in [6.07, 6.45) is 1.75. The van der Waals surface area contributed by atoms with Crippen LogP contribution in [0.4, 0.5) is 0 Å². The van der Waals surface area contributed by atoms with Gasteiger partial charge in [-0.3, -0.25) is 4.79 Å². The molecule has 0 spiro atoms. The number of thioether (sulfide) groups is 1. The molecule has 1 aliphatic rings. The van der Waals surface area contributed by atoms with Gasteiger partial charge in [0.05, 0.1) is 5.75 Å². The lowest BCUT2D eigenvalue weighted by Gasteiger charge is -2.19. The maximum atomic E-state index is 11.2. The van der Waals surface area contributed by atoms with Crippen LogP contribution in [0.1, 0.15) is 31.9 Å². The summed E-state index contributed by atoms with van der Waals surface area (Å²) in [4.78, 5) is 12.3. The van der Waals surface area contributed by atoms with Gasteiger partial charge < -0.3 is 0 Å². The maximum Gasteiger partial charge on any atom is 0.167 e. The zero-order chi connectivity index (χ0) is 11.8. The molecule has 0 aliphatic carbocycles. The minimum absolute atomic E-state index is 0.186. The Kier molecular flexibility index (Phi) is 2.94. The smallest absolute Gasteiger partial charge is 0.167 e. The molecule has 1 aliphatic heterocycles. The number of ketones is 1. The van der Waals surface area contributed by atoms with Gasteiger partial charge >= 0.3 is 0 Å². The molecule has 84 valence electrons. The summed E-state index contributed by atoms with van der Waals surface area (Å²) in [6, 6.07) is 8.52. The van der Waals surface area contributed by atoms with Crippen molar-refractivity contribution >= 4 is 22.5 Å². The molecule has 0 aromatic heterocycles. The Morgan fingerprint density at radius 1 is 1.12 bits per heavy atom. The molecule has 0 amide bonds. The number of benzene rings is 1. The maximum absolute atomic E-state index is 11.2. The summed E-state index contributed by atoms with van der Waals surface area (Å²) in [6.45, 7) is 6.61. The first-order valence-corrected chi connectivity index (χ1v) is 6.43. The highest BCUT2D eigenvalue weighted by Crippen LogP contribution is 2.33. The molecule has 0 fully saturated rings. The molecule has 1 heterocycles. The monoisotopic (exact) mass is 232 g/mol. The first kappa shape index (κ1) is 11.5. The Bertz CT molecular complexity index is 435. The van der Waals surface area contributed by atoms with Crippen molar-refractivity contribution in [2.75, 3.05) is 5.75 Å². The van der Waals surface area contributed by atoms with Crippen molar-refractivity contribution in [3.05, 3.63) is 41.5 Å². The van der Waals surface area contributed by atoms with Gasteiger partial charge in [-0.05, 0) is 22.6 Å². The third kappa shape index (κ3) is 2.38. The predicted molar refractivity (Wildman–Crippen MR) is 70.6 cm³/mol. The highest BCUT2D eigenvalue weighted by atomic mass is 32.2. The molecule has 2 rings (SSSR count). The molecule has 1 aromatic rings. The molecule has 0 saturated heterocycles. The fraction of sp³-hybridized carbons (Fsp3) is 0.357. The second-order valence-corrected chi connectivity index (χ2v) is 6.11. The van der Waals surface area contributed by atoms with Gasteiger partial charge in [0.25, 0.3) is 0 Å². The van der Waals surface area contributed by atoms with Crippen LogP contribution in [0.3, 0.4) is 0 Å². The van der Waals surface area contributed by atoms with E-state index in [-0.39, 0.29) is 11.2 Å². The van der Waals surface area contributed by atoms with E-state index in [4.69, 9.17) is 0 Å². The molecular weight excluding hydrogens is 216 g/mol. The molecule has 2 heteroatoms. The first-order valence-electron chi connectivity index (χ1n) is 5.45. The van der Waals surface area contributed by atoms with Gasteiger partial charge in [0, 0.05) is 4.91 Å². The molecule has 1 aromatic carbocycles. The fourth-order valence-electron chi connectivity index (χ4n) is 1.68. The van der Waals surface area contributed by atoms with Crippen molar-refractivity contribution in [3.8, 4) is 0 Å². The van der Waals surface area contributed by atoms with Gasteiger partial charge in [0.1, 0.15) is 0 Å². The molecule has 0 atom stereocenters. The summed E-state index contributed by atoms with van der Waals surface area (Å²) < 4.78 is 0. The molecule has 0 radical (unpaired) electrons. The van der Waals surface area contributed by atoms with Crippen LogP contribution in [0, 0.1) is 0 Å². The number of carbonyl (C=O) groups excluding carboxylic acids is 1. The van der Waals surface area contributed by atoms with Gasteiger partial charge in [-0.25, -0.2) is 0 Å². The van der Waals surface area contributed by atoms with Gasteiger partial charge in [-0.1, -0.05) is 45.0 Å². The van der Waals surface area contributed by atoms with Crippen molar-refractivity contribution in [2.45, 2.75) is 26.2 Å². The third-order valence-electron chi connectivity index (χ3n) is 2.70. The van der Waals surface area contributed by atoms with Crippen LogP contribution >= 0.6 is 11.8 Å². The summed E-state index contributed by atoms with van der Waals surface area (Å²) in [5.41, 5.74) is 2.67. The highest BCUT2D eigenvalue weighted by molar-refractivity contribution is 8.09. The van der Waals surface area contributed by atoms with E-state index < -0.39 is 0 Å². The first-order chi connectivity index (χ1) is 7.47. The van der Waals surface area contributed by atoms with Crippen LogP contribution in [0.15, 0.2) is 30.3 Å². The lowest BCUT2D eigenvalue weighted by molar-refractivity contribution is -0.112. The van der Waals surface area contributed by atoms with Crippen LogP contribution in [0.25, 0.3) is 4.91 Å². The number of rotatable bonds is 1. The van der Waals surface area contributed by atoms with Crippen molar-refractivity contribution < 1.29 is 4.79 Å². The SMILES string of the molecule is CC(C)(C)c1ccc(C2=CC(=O)CS2)cc1. The van der Waals surface area contributed by atoms with Crippen molar-refractivity contribution in [3.63, 3.8) is 0 Å². The quantitative estimate of drug-likeness (QED) is 0.735. The Balaban J connectivity index is 2.27. The van der Waals surface area contributed by atoms with Gasteiger partial charge in [0.2, 0.25) is 0 Å². The van der Waals surface area contributed by atoms with E-state index in [1.165, 1.54) is 5.56 Å². The van der Waals surface area contributed by atoms with E-state index in [9.17, 15) is 4.79 Å². The standard InChI is InChI=1S/C14H16OS/c1-14(2,3)11-6-4-10(5-7-11)13-8-12(15)9-16-13/h4-8H,9H2,1-3H3. The van der Waals surface area contributed by atoms with Gasteiger partial charge in [-0.2, -0.15) is 0 Å². The summed E-state index contributed by atoms with van der Waals surface area (Å²) in [5.74, 6) is 0.816. The number of hydrogen-bond acceptors (Lipinski definition) is 2. The summed E-state index contributed by atoms with van der Waals surface area (Å²) >= 11 is 1.63.